The van der Waals surface area contributed by atoms with Crippen LogP contribution >= 0.6 is 0 Å². The first-order valence-electron chi connectivity index (χ1n) is 52.1. The lowest BCUT2D eigenvalue weighted by Gasteiger charge is -2.19. The summed E-state index contributed by atoms with van der Waals surface area (Å²) in [5, 5.41) is 37.2. The molecule has 0 atom stereocenters. The maximum absolute atomic E-state index is 8.92. The first kappa shape index (κ1) is 77.8. The third kappa shape index (κ3) is 13.4. The lowest BCUT2D eigenvalue weighted by molar-refractivity contribution is 0.669. The molecule has 0 saturated heterocycles. The van der Waals surface area contributed by atoms with Crippen LogP contribution in [0, 0.1) is 0 Å². The molecule has 145 heavy (non-hydrogen) atoms. The summed E-state index contributed by atoms with van der Waals surface area (Å²) < 4.78 is 63.5. The van der Waals surface area contributed by atoms with Crippen molar-refractivity contribution in [2.24, 2.45) is 0 Å². The van der Waals surface area contributed by atoms with E-state index in [9.17, 15) is 0 Å². The average molecular weight is 1850 g/mol. The summed E-state index contributed by atoms with van der Waals surface area (Å²) in [5.74, 6) is 0. The Morgan fingerprint density at radius 3 is 0.855 bits per heavy atom. The van der Waals surface area contributed by atoms with Crippen LogP contribution in [0.2, 0.25) is 0 Å². The minimum atomic E-state index is -0.404. The van der Waals surface area contributed by atoms with Crippen LogP contribution in [0.3, 0.4) is 0 Å². The van der Waals surface area contributed by atoms with E-state index < -0.39 is 6.04 Å². The Balaban J connectivity index is 0.000000106. The Hall–Kier alpha value is -19.1. The molecule has 0 fully saturated rings. The second kappa shape index (κ2) is 33.9. The van der Waals surface area contributed by atoms with E-state index >= 15 is 0 Å². The summed E-state index contributed by atoms with van der Waals surface area (Å²) in [4.78, 5) is 0. The van der Waals surface area contributed by atoms with Gasteiger partial charge in [-0.15, -0.1) is 0 Å². The van der Waals surface area contributed by atoms with Crippen LogP contribution in [0.15, 0.2) is 535 Å². The summed E-state index contributed by atoms with van der Waals surface area (Å²) in [6, 6.07) is 174. The molecule has 0 bridgehead atoms. The summed E-state index contributed by atoms with van der Waals surface area (Å²) in [5.41, 5.74) is 24.6. The molecule has 0 saturated carbocycles. The number of hydrogen-bond acceptors (Lipinski definition) is 3. The van der Waals surface area contributed by atoms with Crippen molar-refractivity contribution in [2.75, 3.05) is 0 Å². The van der Waals surface area contributed by atoms with Crippen molar-refractivity contribution in [3.8, 4) is 100 Å². The second-order valence-corrected chi connectivity index (χ2v) is 38.0. The molecule has 0 N–H and O–H groups in total. The Labute approximate surface area is 841 Å². The quantitative estimate of drug-likeness (QED) is 0.107. The number of rotatable bonds is 9. The largest absolute Gasteiger partial charge is 0.455 e. The minimum Gasteiger partial charge on any atom is -0.455 e. The van der Waals surface area contributed by atoms with Crippen LogP contribution in [-0.4, -0.2) is 0 Å². The molecule has 0 aliphatic rings. The third-order valence-corrected chi connectivity index (χ3v) is 30.2. The number of fused-ring (bicyclic) bond motifs is 24. The van der Waals surface area contributed by atoms with Gasteiger partial charge < -0.3 is 13.3 Å². The van der Waals surface area contributed by atoms with Crippen LogP contribution < -0.4 is 0 Å². The van der Waals surface area contributed by atoms with Gasteiger partial charge >= 0.3 is 0 Å². The van der Waals surface area contributed by atoms with Gasteiger partial charge in [0.15, 0.2) is 0 Å². The highest BCUT2D eigenvalue weighted by atomic mass is 16.3. The molecular weight excluding hydrogens is 1750 g/mol. The topological polar surface area (TPSA) is 39.4 Å². The van der Waals surface area contributed by atoms with Gasteiger partial charge in [-0.25, -0.2) is 0 Å². The normalized spacial score (nSPS) is 12.3. The standard InChI is InChI=1S/C50H30O.2C46H28O/c1-2-13-33-29-36(26-23-31(33)11-1)47-40-15-5-7-17-42(40)48(43-18-8-6-16-41(43)47)44-20-10-22-46-49(44)45-21-9-19-39(50(45)51-46)35-27-28-38-34(30-35)25-24-32-12-3-4-14-37(32)38;1-2-14-31-28-32(27-26-29(31)12-1)34-21-10-24-41-45-40(23-11-25-42(45)47-46(34)41)44-38-19-7-5-17-36(38)43(37-18-6-8-20-39(37)44)35-22-9-15-30-13-3-4-16-33(30)35;1-2-14-29(15-3-1)43-34-20-8-10-22-36(34)44(37-23-11-9-21-35(37)43)39-25-13-27-42-45(39)40-26-12-24-38(46(40)47-42)41-28-30-16-4-5-17-31(30)32-18-6-7-19-33(32)41/h1-30H;2*1-28H/i;;1D,2D,3D,14D,15D. The highest BCUT2D eigenvalue weighted by Crippen LogP contribution is 2.55. The lowest BCUT2D eigenvalue weighted by Crippen LogP contribution is -1.92. The Morgan fingerprint density at radius 2 is 0.393 bits per heavy atom. The Bertz CT molecular complexity index is 11000. The highest BCUT2D eigenvalue weighted by molar-refractivity contribution is 6.32. The molecule has 0 spiro atoms. The number of benzene rings is 28. The molecule has 3 nitrogen and oxygen atoms in total. The zero-order valence-corrected chi connectivity index (χ0v) is 78.5. The Morgan fingerprint density at radius 1 is 0.131 bits per heavy atom. The van der Waals surface area contributed by atoms with E-state index in [1.165, 1.54) is 158 Å². The molecule has 3 heteroatoms. The Kier molecular flexibility index (Phi) is 18.2. The maximum atomic E-state index is 8.92. The van der Waals surface area contributed by atoms with E-state index in [0.717, 1.165) is 137 Å². The molecule has 0 unspecified atom stereocenters. The van der Waals surface area contributed by atoms with Gasteiger partial charge in [-0.3, -0.25) is 0 Å². The smallest absolute Gasteiger partial charge is 0.143 e. The average Bonchev–Trinajstić information content (AvgIpc) is 1.50. The predicted molar refractivity (Wildman–Crippen MR) is 618 cm³/mol. The van der Waals surface area contributed by atoms with Crippen molar-refractivity contribution in [1.82, 2.24) is 0 Å². The van der Waals surface area contributed by atoms with Crippen molar-refractivity contribution >= 4 is 206 Å². The van der Waals surface area contributed by atoms with Crippen LogP contribution in [0.1, 0.15) is 6.85 Å². The van der Waals surface area contributed by atoms with E-state index in [4.69, 9.17) is 20.1 Å². The van der Waals surface area contributed by atoms with Crippen molar-refractivity contribution in [3.63, 3.8) is 0 Å². The number of hydrogen-bond donors (Lipinski definition) is 0. The molecule has 672 valence electrons. The zero-order chi connectivity index (χ0) is 99.6. The number of para-hydroxylation sites is 3. The third-order valence-electron chi connectivity index (χ3n) is 30.2. The maximum Gasteiger partial charge on any atom is 0.143 e. The van der Waals surface area contributed by atoms with Gasteiger partial charge in [0.1, 0.15) is 33.5 Å². The van der Waals surface area contributed by atoms with Crippen LogP contribution in [0.4, 0.5) is 0 Å². The minimum absolute atomic E-state index is 0.198. The van der Waals surface area contributed by atoms with Crippen molar-refractivity contribution in [1.29, 1.82) is 0 Å². The van der Waals surface area contributed by atoms with Gasteiger partial charge in [0, 0.05) is 49.0 Å². The molecule has 0 aliphatic carbocycles. The highest BCUT2D eigenvalue weighted by Gasteiger charge is 2.28. The van der Waals surface area contributed by atoms with Crippen molar-refractivity contribution in [3.05, 3.63) is 522 Å². The first-order valence-corrected chi connectivity index (χ1v) is 49.6. The predicted octanol–water partition coefficient (Wildman–Crippen LogP) is 40.8. The van der Waals surface area contributed by atoms with E-state index in [0.29, 0.717) is 5.56 Å². The monoisotopic (exact) mass is 1840 g/mol. The summed E-state index contributed by atoms with van der Waals surface area (Å²) >= 11 is 0. The van der Waals surface area contributed by atoms with Gasteiger partial charge in [-0.2, -0.15) is 0 Å². The van der Waals surface area contributed by atoms with Gasteiger partial charge in [0.2, 0.25) is 0 Å². The van der Waals surface area contributed by atoms with Gasteiger partial charge in [-0.05, 0) is 266 Å². The molecule has 3 heterocycles. The SMILES string of the molecule is [2H]c1c([2H])c([2H])c(-c2c3ccccc3c(-c3cccc4oc5c(-c6cc7ccccc7c7ccccc67)cccc5c34)c3ccccc23)c([2H])c1[2H].c1ccc2cc(-c3c4ccccc4c(-c4cccc5oc6c(-c7ccc8c(ccc9ccccc98)c7)cccc6c45)c4ccccc34)ccc2c1.c1ccc2cc(-c3cccc4c3oc3cccc(-c5c6ccccc6c(-c6cccc7ccccc67)c6ccccc56)c34)ccc2c1. The molecule has 0 aliphatic heterocycles. The van der Waals surface area contributed by atoms with Crippen LogP contribution in [0.25, 0.3) is 306 Å². The van der Waals surface area contributed by atoms with E-state index in [1.54, 1.807) is 0 Å². The van der Waals surface area contributed by atoms with Crippen LogP contribution in [0.5, 0.6) is 0 Å². The summed E-state index contributed by atoms with van der Waals surface area (Å²) in [6.45, 7) is 0. The second-order valence-electron chi connectivity index (χ2n) is 38.0. The lowest BCUT2D eigenvalue weighted by atomic mass is 9.84. The fraction of sp³-hybridized carbons (Fsp3) is 0. The summed E-state index contributed by atoms with van der Waals surface area (Å²) in [6.07, 6.45) is 0. The molecule has 0 amide bonds. The van der Waals surface area contributed by atoms with Crippen molar-refractivity contribution < 1.29 is 20.1 Å². The van der Waals surface area contributed by atoms with Gasteiger partial charge in [0.25, 0.3) is 0 Å². The van der Waals surface area contributed by atoms with Gasteiger partial charge in [-0.1, -0.05) is 479 Å². The molecule has 28 aromatic carbocycles. The van der Waals surface area contributed by atoms with E-state index in [2.05, 4.69) is 443 Å². The van der Waals surface area contributed by atoms with Crippen molar-refractivity contribution in [2.45, 2.75) is 0 Å². The first-order chi connectivity index (χ1) is 74.0. The molecular formula is C142H86O3. The number of furan rings is 3. The molecule has 0 radical (unpaired) electrons. The molecule has 31 aromatic rings. The summed E-state index contributed by atoms with van der Waals surface area (Å²) in [7, 11) is 0. The zero-order valence-electron chi connectivity index (χ0n) is 83.5. The van der Waals surface area contributed by atoms with E-state index in [-0.39, 0.29) is 29.7 Å². The fourth-order valence-electron chi connectivity index (χ4n) is 23.9. The van der Waals surface area contributed by atoms with Gasteiger partial charge in [0.05, 0.1) is 6.85 Å². The van der Waals surface area contributed by atoms with E-state index in [1.807, 2.05) is 48.5 Å². The molecule has 3 aromatic heterocycles. The molecule has 31 rings (SSSR count). The fourth-order valence-corrected chi connectivity index (χ4v) is 23.9. The van der Waals surface area contributed by atoms with Crippen LogP contribution in [-0.2, 0) is 0 Å².